The molecule has 0 radical (unpaired) electrons. The van der Waals surface area contributed by atoms with Crippen LogP contribution in [-0.2, 0) is 16.3 Å². The molecular weight excluding hydrogens is 322 g/mol. The van der Waals surface area contributed by atoms with Crippen molar-refractivity contribution in [1.82, 2.24) is 5.32 Å². The van der Waals surface area contributed by atoms with Gasteiger partial charge in [-0.15, -0.1) is 0 Å². The number of fused-ring (bicyclic) bond motifs is 1. The molecule has 128 valence electrons. The minimum Gasteiger partial charge on any atom is -0.391 e. The molecule has 4 nitrogen and oxygen atoms in total. The van der Waals surface area contributed by atoms with E-state index in [2.05, 4.69) is 5.32 Å². The molecule has 0 unspecified atom stereocenters. The molecule has 0 saturated heterocycles. The number of hydrogen-bond donors (Lipinski definition) is 2. The van der Waals surface area contributed by atoms with Crippen molar-refractivity contribution in [2.75, 3.05) is 5.75 Å². The number of aryl methyl sites for hydroxylation is 1. The van der Waals surface area contributed by atoms with Crippen LogP contribution in [0.3, 0.4) is 0 Å². The van der Waals surface area contributed by atoms with Gasteiger partial charge in [0, 0.05) is 12.5 Å². The van der Waals surface area contributed by atoms with E-state index in [4.69, 9.17) is 0 Å². The highest BCUT2D eigenvalue weighted by atomic mass is 32.2. The minimum absolute atomic E-state index is 0.00144. The van der Waals surface area contributed by atoms with Gasteiger partial charge in [0.25, 0.3) is 0 Å². The van der Waals surface area contributed by atoms with Crippen molar-refractivity contribution < 1.29 is 13.5 Å². The maximum Gasteiger partial charge on any atom is 0.179 e. The molecule has 5 heteroatoms. The highest BCUT2D eigenvalue weighted by Crippen LogP contribution is 2.31. The minimum atomic E-state index is -3.36. The quantitative estimate of drug-likeness (QED) is 0.873. The van der Waals surface area contributed by atoms with Crippen LogP contribution in [-0.4, -0.2) is 31.4 Å². The predicted octanol–water partition coefficient (Wildman–Crippen LogP) is 2.41. The lowest BCUT2D eigenvalue weighted by molar-refractivity contribution is 0.137. The van der Waals surface area contributed by atoms with Gasteiger partial charge >= 0.3 is 0 Å². The molecule has 0 amide bonds. The topological polar surface area (TPSA) is 66.4 Å². The Hall–Kier alpha value is -1.69. The molecule has 2 N–H and O–H groups in total. The zero-order valence-electron chi connectivity index (χ0n) is 13.9. The maximum absolute atomic E-state index is 12.6. The second-order valence-corrected chi connectivity index (χ2v) is 8.64. The summed E-state index contributed by atoms with van der Waals surface area (Å²) in [6.45, 7) is 3.78. The van der Waals surface area contributed by atoms with Gasteiger partial charge in [-0.2, -0.15) is 0 Å². The molecule has 0 heterocycles. The predicted molar refractivity (Wildman–Crippen MR) is 94.7 cm³/mol. The molecule has 3 atom stereocenters. The molecule has 0 aliphatic heterocycles. The molecule has 2 aromatic carbocycles. The van der Waals surface area contributed by atoms with Crippen LogP contribution < -0.4 is 5.32 Å². The molecule has 0 aromatic heterocycles. The summed E-state index contributed by atoms with van der Waals surface area (Å²) in [5.74, 6) is 0.00144. The van der Waals surface area contributed by atoms with E-state index in [-0.39, 0.29) is 17.8 Å². The van der Waals surface area contributed by atoms with Crippen LogP contribution in [0.1, 0.15) is 29.7 Å². The highest BCUT2D eigenvalue weighted by Gasteiger charge is 2.32. The van der Waals surface area contributed by atoms with Gasteiger partial charge in [0.1, 0.15) is 0 Å². The first kappa shape index (κ1) is 17.1. The first-order valence-corrected chi connectivity index (χ1v) is 9.83. The lowest BCUT2D eigenvalue weighted by Gasteiger charge is -2.23. The van der Waals surface area contributed by atoms with Crippen molar-refractivity contribution >= 4 is 9.84 Å². The number of sulfone groups is 1. The highest BCUT2D eigenvalue weighted by molar-refractivity contribution is 7.91. The molecular formula is C19H23NO3S. The number of benzene rings is 2. The lowest BCUT2D eigenvalue weighted by Crippen LogP contribution is -2.39. The van der Waals surface area contributed by atoms with Crippen LogP contribution in [0.5, 0.6) is 0 Å². The fourth-order valence-electron chi connectivity index (χ4n) is 3.30. The SMILES string of the molecule is Cc1ccc(S(=O)(=O)C[C@H](C)N[C@H]2c3ccccc3C[C@@H]2O)cc1. The molecule has 0 spiro atoms. The van der Waals surface area contributed by atoms with E-state index in [1.54, 1.807) is 12.1 Å². The van der Waals surface area contributed by atoms with Gasteiger partial charge in [-0.05, 0) is 37.1 Å². The summed E-state index contributed by atoms with van der Waals surface area (Å²) >= 11 is 0. The first-order valence-electron chi connectivity index (χ1n) is 8.18. The number of aliphatic hydroxyl groups excluding tert-OH is 1. The molecule has 2 aromatic rings. The van der Waals surface area contributed by atoms with Crippen molar-refractivity contribution in [2.45, 2.75) is 43.4 Å². The Kier molecular flexibility index (Phi) is 4.76. The fourth-order valence-corrected chi connectivity index (χ4v) is 4.80. The summed E-state index contributed by atoms with van der Waals surface area (Å²) in [5, 5.41) is 13.6. The zero-order valence-corrected chi connectivity index (χ0v) is 14.8. The molecule has 0 fully saturated rings. The van der Waals surface area contributed by atoms with Crippen molar-refractivity contribution in [2.24, 2.45) is 0 Å². The summed E-state index contributed by atoms with van der Waals surface area (Å²) in [5.41, 5.74) is 3.21. The lowest BCUT2D eigenvalue weighted by atomic mass is 10.1. The number of hydrogen-bond acceptors (Lipinski definition) is 4. The monoisotopic (exact) mass is 345 g/mol. The van der Waals surface area contributed by atoms with Crippen LogP contribution in [0, 0.1) is 6.92 Å². The summed E-state index contributed by atoms with van der Waals surface area (Å²) in [4.78, 5) is 0.342. The van der Waals surface area contributed by atoms with Gasteiger partial charge in [0.15, 0.2) is 9.84 Å². The van der Waals surface area contributed by atoms with Crippen LogP contribution in [0.2, 0.25) is 0 Å². The zero-order chi connectivity index (χ0) is 17.3. The summed E-state index contributed by atoms with van der Waals surface area (Å²) in [6.07, 6.45) is 0.0811. The third-order valence-electron chi connectivity index (χ3n) is 4.52. The van der Waals surface area contributed by atoms with Crippen molar-refractivity contribution in [3.8, 4) is 0 Å². The van der Waals surface area contributed by atoms with E-state index >= 15 is 0 Å². The van der Waals surface area contributed by atoms with E-state index in [1.807, 2.05) is 50.2 Å². The molecule has 3 rings (SSSR count). The van der Waals surface area contributed by atoms with E-state index in [0.717, 1.165) is 16.7 Å². The second-order valence-electron chi connectivity index (χ2n) is 6.61. The van der Waals surface area contributed by atoms with Crippen LogP contribution >= 0.6 is 0 Å². The summed E-state index contributed by atoms with van der Waals surface area (Å²) < 4.78 is 25.1. The normalized spacial score (nSPS) is 21.5. The van der Waals surface area contributed by atoms with Gasteiger partial charge < -0.3 is 10.4 Å². The Morgan fingerprint density at radius 2 is 1.83 bits per heavy atom. The first-order chi connectivity index (χ1) is 11.4. The molecule has 0 bridgehead atoms. The average molecular weight is 345 g/mol. The van der Waals surface area contributed by atoms with E-state index < -0.39 is 15.9 Å². The Labute approximate surface area is 143 Å². The molecule has 24 heavy (non-hydrogen) atoms. The molecule has 1 aliphatic rings. The molecule has 1 aliphatic carbocycles. The average Bonchev–Trinajstić information content (AvgIpc) is 2.83. The van der Waals surface area contributed by atoms with Crippen molar-refractivity contribution in [3.63, 3.8) is 0 Å². The van der Waals surface area contributed by atoms with E-state index in [9.17, 15) is 13.5 Å². The second kappa shape index (κ2) is 6.67. The summed E-state index contributed by atoms with van der Waals surface area (Å²) in [6, 6.07) is 14.3. The third kappa shape index (κ3) is 3.53. The van der Waals surface area contributed by atoms with Crippen LogP contribution in [0.25, 0.3) is 0 Å². The number of nitrogens with one attached hydrogen (secondary N) is 1. The van der Waals surface area contributed by atoms with Gasteiger partial charge in [0.05, 0.1) is 22.8 Å². The largest absolute Gasteiger partial charge is 0.391 e. The number of rotatable bonds is 5. The van der Waals surface area contributed by atoms with Crippen LogP contribution in [0.15, 0.2) is 53.4 Å². The third-order valence-corrected chi connectivity index (χ3v) is 6.45. The van der Waals surface area contributed by atoms with Gasteiger partial charge in [-0.1, -0.05) is 42.0 Å². The Morgan fingerprint density at radius 1 is 1.17 bits per heavy atom. The smallest absolute Gasteiger partial charge is 0.179 e. The van der Waals surface area contributed by atoms with Crippen LogP contribution in [0.4, 0.5) is 0 Å². The van der Waals surface area contributed by atoms with E-state index in [0.29, 0.717) is 11.3 Å². The van der Waals surface area contributed by atoms with Gasteiger partial charge in [-0.25, -0.2) is 8.42 Å². The molecule has 0 saturated carbocycles. The standard InChI is InChI=1S/C19H23NO3S/c1-13-7-9-16(10-8-13)24(22,23)12-14(2)20-19-17-6-4-3-5-15(17)11-18(19)21/h3-10,14,18-21H,11-12H2,1-2H3/t14-,18-,19-/m0/s1. The van der Waals surface area contributed by atoms with Crippen molar-refractivity contribution in [1.29, 1.82) is 0 Å². The fraction of sp³-hybridized carbons (Fsp3) is 0.368. The number of aliphatic hydroxyl groups is 1. The Balaban J connectivity index is 1.72. The Morgan fingerprint density at radius 3 is 2.54 bits per heavy atom. The van der Waals surface area contributed by atoms with E-state index in [1.165, 1.54) is 0 Å². The van der Waals surface area contributed by atoms with Gasteiger partial charge in [0.2, 0.25) is 0 Å². The Bertz CT molecular complexity index is 815. The van der Waals surface area contributed by atoms with Crippen molar-refractivity contribution in [3.05, 3.63) is 65.2 Å². The maximum atomic E-state index is 12.6. The summed E-state index contributed by atoms with van der Waals surface area (Å²) in [7, 11) is -3.36. The van der Waals surface area contributed by atoms with Gasteiger partial charge in [-0.3, -0.25) is 0 Å².